The van der Waals surface area contributed by atoms with Gasteiger partial charge in [0.1, 0.15) is 6.10 Å². The average molecular weight is 390 g/mol. The highest BCUT2D eigenvalue weighted by Gasteiger charge is 2.33. The molecule has 0 fully saturated rings. The van der Waals surface area contributed by atoms with Crippen LogP contribution in [0.25, 0.3) is 0 Å². The van der Waals surface area contributed by atoms with Crippen molar-refractivity contribution in [2.75, 3.05) is 13.2 Å². The fraction of sp³-hybridized carbons (Fsp3) is 0.429. The normalized spacial score (nSPS) is 22.6. The van der Waals surface area contributed by atoms with Gasteiger partial charge in [-0.05, 0) is 54.7 Å². The minimum atomic E-state index is -0.526. The summed E-state index contributed by atoms with van der Waals surface area (Å²) in [5.41, 5.74) is 0.601. The van der Waals surface area contributed by atoms with Gasteiger partial charge in [0.25, 0.3) is 0 Å². The maximum absolute atomic E-state index is 11.8. The summed E-state index contributed by atoms with van der Waals surface area (Å²) in [6.07, 6.45) is 4.92. The lowest BCUT2D eigenvalue weighted by atomic mass is 10.2. The molecule has 0 aromatic heterocycles. The zero-order valence-corrected chi connectivity index (χ0v) is 13.8. The van der Waals surface area contributed by atoms with Crippen LogP contribution in [0.5, 0.6) is 0 Å². The molecule has 2 N–H and O–H groups in total. The Balaban J connectivity index is 2.73. The quantitative estimate of drug-likeness (QED) is 0.536. The first kappa shape index (κ1) is 16.9. The first-order valence-electron chi connectivity index (χ1n) is 6.35. The molecule has 0 aromatic carbocycles. The summed E-state index contributed by atoms with van der Waals surface area (Å²) < 4.78 is 6.45. The number of allylic oxidation sites excluding steroid dienone is 2. The topological polar surface area (TPSA) is 70.9 Å². The molecule has 0 saturated heterocycles. The number of likely N-dealkylation sites (N-methyl/N-ethyl adjacent to an activating group) is 1. The maximum atomic E-state index is 11.8. The Labute approximate surface area is 132 Å². The van der Waals surface area contributed by atoms with E-state index in [0.29, 0.717) is 18.0 Å². The maximum Gasteiger partial charge on any atom is 0.248 e. The van der Waals surface area contributed by atoms with E-state index in [0.717, 1.165) is 3.58 Å². The van der Waals surface area contributed by atoms with E-state index in [1.807, 2.05) is 13.8 Å². The van der Waals surface area contributed by atoms with E-state index in [-0.39, 0.29) is 18.6 Å². The monoisotopic (exact) mass is 390 g/mol. The van der Waals surface area contributed by atoms with Crippen LogP contribution in [0.2, 0.25) is 0 Å². The molecule has 1 aliphatic heterocycles. The summed E-state index contributed by atoms with van der Waals surface area (Å²) in [7, 11) is 0. The molecular weight excluding hydrogens is 371 g/mol. The third kappa shape index (κ3) is 4.75. The number of ether oxygens (including phenoxy) is 1. The number of aliphatic imine (C=N–C) groups is 1. The third-order valence-corrected chi connectivity index (χ3v) is 3.42. The van der Waals surface area contributed by atoms with Crippen LogP contribution in [0.15, 0.2) is 39.0 Å². The fourth-order valence-corrected chi connectivity index (χ4v) is 1.99. The molecule has 0 aliphatic carbocycles. The molecular formula is C14H19IN2O3. The predicted molar refractivity (Wildman–Crippen MR) is 87.9 cm³/mol. The van der Waals surface area contributed by atoms with Crippen LogP contribution in [0, 0.1) is 0 Å². The first-order valence-corrected chi connectivity index (χ1v) is 7.43. The van der Waals surface area contributed by atoms with E-state index >= 15 is 0 Å². The van der Waals surface area contributed by atoms with Gasteiger partial charge in [-0.3, -0.25) is 4.79 Å². The number of nitrogens with zero attached hydrogens (tertiary/aromatic N) is 1. The lowest BCUT2D eigenvalue weighted by molar-refractivity contribution is -0.123. The molecule has 0 unspecified atom stereocenters. The van der Waals surface area contributed by atoms with Gasteiger partial charge in [-0.1, -0.05) is 6.58 Å². The van der Waals surface area contributed by atoms with Gasteiger partial charge in [-0.15, -0.1) is 0 Å². The second kappa shape index (κ2) is 8.21. The second-order valence-electron chi connectivity index (χ2n) is 4.23. The number of nitrogens with one attached hydrogen (secondary N) is 1. The van der Waals surface area contributed by atoms with Crippen molar-refractivity contribution in [1.29, 1.82) is 0 Å². The van der Waals surface area contributed by atoms with Crippen LogP contribution in [0.3, 0.4) is 0 Å². The van der Waals surface area contributed by atoms with Crippen molar-refractivity contribution in [2.24, 2.45) is 4.99 Å². The molecule has 1 rings (SSSR count). The first-order chi connectivity index (χ1) is 9.49. The van der Waals surface area contributed by atoms with Gasteiger partial charge < -0.3 is 15.2 Å². The Morgan fingerprint density at radius 2 is 2.30 bits per heavy atom. The van der Waals surface area contributed by atoms with Crippen molar-refractivity contribution < 1.29 is 14.6 Å². The smallest absolute Gasteiger partial charge is 0.248 e. The number of amides is 1. The van der Waals surface area contributed by atoms with Crippen LogP contribution < -0.4 is 5.32 Å². The van der Waals surface area contributed by atoms with Crippen molar-refractivity contribution in [3.8, 4) is 0 Å². The number of hydrogen-bond acceptors (Lipinski definition) is 4. The highest BCUT2D eigenvalue weighted by Crippen LogP contribution is 2.18. The predicted octanol–water partition coefficient (Wildman–Crippen LogP) is 1.73. The number of aliphatic hydroxyl groups excluding tert-OH is 1. The highest BCUT2D eigenvalue weighted by atomic mass is 127. The molecule has 6 heteroatoms. The lowest BCUT2D eigenvalue weighted by Gasteiger charge is -2.11. The van der Waals surface area contributed by atoms with Crippen molar-refractivity contribution in [2.45, 2.75) is 26.0 Å². The van der Waals surface area contributed by atoms with E-state index in [2.05, 4.69) is 39.5 Å². The number of halogens is 1. The van der Waals surface area contributed by atoms with E-state index < -0.39 is 6.04 Å². The van der Waals surface area contributed by atoms with Crippen molar-refractivity contribution in [1.82, 2.24) is 5.32 Å². The largest absolute Gasteiger partial charge is 0.472 e. The summed E-state index contributed by atoms with van der Waals surface area (Å²) in [5.74, 6) is 0.250. The summed E-state index contributed by atoms with van der Waals surface area (Å²) in [5, 5.41) is 11.5. The summed E-state index contributed by atoms with van der Waals surface area (Å²) in [6, 6.07) is -0.526. The minimum absolute atomic E-state index is 0.0111. The van der Waals surface area contributed by atoms with Crippen LogP contribution >= 0.6 is 22.6 Å². The molecule has 0 aromatic rings. The van der Waals surface area contributed by atoms with E-state index in [9.17, 15) is 4.79 Å². The SMILES string of the molecule is C=C(/C=C\C(I)=C/CO)C1=N[C@@H](C(=O)NCC)[C@@H](C)O1. The Hall–Kier alpha value is -1.15. The third-order valence-electron chi connectivity index (χ3n) is 2.62. The van der Waals surface area contributed by atoms with Gasteiger partial charge in [-0.2, -0.15) is 0 Å². The fourth-order valence-electron chi connectivity index (χ4n) is 1.62. The molecule has 0 spiro atoms. The van der Waals surface area contributed by atoms with E-state index in [1.165, 1.54) is 0 Å². The van der Waals surface area contributed by atoms with Crippen molar-refractivity contribution in [3.63, 3.8) is 0 Å². The van der Waals surface area contributed by atoms with Gasteiger partial charge >= 0.3 is 0 Å². The Morgan fingerprint density at radius 3 is 2.90 bits per heavy atom. The van der Waals surface area contributed by atoms with Crippen LogP contribution in [0.4, 0.5) is 0 Å². The van der Waals surface area contributed by atoms with Crippen LogP contribution in [0.1, 0.15) is 13.8 Å². The Bertz CT molecular complexity index is 469. The summed E-state index contributed by atoms with van der Waals surface area (Å²) in [4.78, 5) is 16.1. The number of aliphatic hydroxyl groups is 1. The number of carbonyl (C=O) groups excluding carboxylic acids is 1. The second-order valence-corrected chi connectivity index (χ2v) is 5.47. The standard InChI is InChI=1S/C14H19IN2O3/c1-4-16-13(19)12-10(3)20-14(17-12)9(2)5-6-11(15)7-8-18/h5-7,10,12,18H,2,4,8H2,1,3H3,(H,16,19)/b6-5-,11-7+/t10-,12-/m1/s1. The molecule has 1 amide bonds. The molecule has 110 valence electrons. The van der Waals surface area contributed by atoms with E-state index in [4.69, 9.17) is 9.84 Å². The summed E-state index contributed by atoms with van der Waals surface area (Å²) in [6.45, 7) is 8.10. The van der Waals surface area contributed by atoms with E-state index in [1.54, 1.807) is 18.2 Å². The van der Waals surface area contributed by atoms with Gasteiger partial charge in [0.05, 0.1) is 6.61 Å². The Morgan fingerprint density at radius 1 is 1.60 bits per heavy atom. The molecule has 1 aliphatic rings. The average Bonchev–Trinajstić information content (AvgIpc) is 2.79. The van der Waals surface area contributed by atoms with Crippen molar-refractivity contribution in [3.05, 3.63) is 34.0 Å². The molecule has 0 bridgehead atoms. The molecule has 0 saturated carbocycles. The summed E-state index contributed by atoms with van der Waals surface area (Å²) >= 11 is 2.10. The van der Waals surface area contributed by atoms with Gasteiger partial charge in [0.15, 0.2) is 6.04 Å². The molecule has 5 nitrogen and oxygen atoms in total. The van der Waals surface area contributed by atoms with Gasteiger partial charge in [0.2, 0.25) is 11.8 Å². The van der Waals surface area contributed by atoms with Crippen LogP contribution in [-0.4, -0.2) is 42.2 Å². The Kier molecular flexibility index (Phi) is 6.94. The zero-order chi connectivity index (χ0) is 15.1. The lowest BCUT2D eigenvalue weighted by Crippen LogP contribution is -2.38. The van der Waals surface area contributed by atoms with Crippen LogP contribution in [-0.2, 0) is 9.53 Å². The zero-order valence-electron chi connectivity index (χ0n) is 11.6. The minimum Gasteiger partial charge on any atom is -0.472 e. The van der Waals surface area contributed by atoms with Gasteiger partial charge in [0, 0.05) is 15.7 Å². The number of hydrogen-bond donors (Lipinski definition) is 2. The molecule has 0 radical (unpaired) electrons. The number of carbonyl (C=O) groups is 1. The molecule has 1 heterocycles. The van der Waals surface area contributed by atoms with Gasteiger partial charge in [-0.25, -0.2) is 4.99 Å². The number of rotatable bonds is 6. The molecule has 20 heavy (non-hydrogen) atoms. The highest BCUT2D eigenvalue weighted by molar-refractivity contribution is 14.1. The molecule has 2 atom stereocenters. The van der Waals surface area contributed by atoms with Crippen molar-refractivity contribution >= 4 is 34.4 Å².